The predicted octanol–water partition coefficient (Wildman–Crippen LogP) is 4.16. The summed E-state index contributed by atoms with van der Waals surface area (Å²) in [5, 5.41) is 3.25. The fourth-order valence-electron chi connectivity index (χ4n) is 2.87. The molecule has 0 unspecified atom stereocenters. The second-order valence-electron chi connectivity index (χ2n) is 6.99. The Balaban J connectivity index is 1.95. The molecule has 0 spiro atoms. The molecule has 158 valence electrons. The van der Waals surface area contributed by atoms with Crippen LogP contribution < -0.4 is 9.62 Å². The molecule has 0 saturated heterocycles. The van der Waals surface area contributed by atoms with E-state index in [2.05, 4.69) is 36.5 Å². The SMILES string of the molecule is Cc1ccc(CSCCNC(=O)[C@@H](C)N(c2cc(Cl)ccc2C)S(C)(=O)=O)cc1. The quantitative estimate of drug-likeness (QED) is 0.577. The highest BCUT2D eigenvalue weighted by molar-refractivity contribution is 7.98. The van der Waals surface area contributed by atoms with E-state index >= 15 is 0 Å². The van der Waals surface area contributed by atoms with E-state index < -0.39 is 16.1 Å². The van der Waals surface area contributed by atoms with Gasteiger partial charge in [-0.25, -0.2) is 8.42 Å². The molecule has 0 fully saturated rings. The lowest BCUT2D eigenvalue weighted by atomic mass is 10.2. The molecule has 1 atom stereocenters. The smallest absolute Gasteiger partial charge is 0.243 e. The Morgan fingerprint density at radius 3 is 2.45 bits per heavy atom. The van der Waals surface area contributed by atoms with Crippen molar-refractivity contribution in [3.63, 3.8) is 0 Å². The van der Waals surface area contributed by atoms with Crippen LogP contribution in [0.4, 0.5) is 5.69 Å². The first-order chi connectivity index (χ1) is 13.6. The largest absolute Gasteiger partial charge is 0.353 e. The molecule has 2 aromatic carbocycles. The zero-order valence-corrected chi connectivity index (χ0v) is 19.5. The Hall–Kier alpha value is -1.70. The number of nitrogens with zero attached hydrogens (tertiary/aromatic N) is 1. The highest BCUT2D eigenvalue weighted by Gasteiger charge is 2.30. The number of aryl methyl sites for hydroxylation is 2. The van der Waals surface area contributed by atoms with Crippen molar-refractivity contribution in [2.75, 3.05) is 22.9 Å². The Kier molecular flexibility index (Phi) is 8.43. The zero-order chi connectivity index (χ0) is 21.6. The van der Waals surface area contributed by atoms with Gasteiger partial charge in [0.2, 0.25) is 15.9 Å². The first-order valence-electron chi connectivity index (χ1n) is 9.26. The number of halogens is 1. The summed E-state index contributed by atoms with van der Waals surface area (Å²) in [7, 11) is -3.67. The molecule has 5 nitrogen and oxygen atoms in total. The average molecular weight is 455 g/mol. The van der Waals surface area contributed by atoms with Gasteiger partial charge in [0.1, 0.15) is 6.04 Å². The lowest BCUT2D eigenvalue weighted by Crippen LogP contribution is -2.48. The normalized spacial score (nSPS) is 12.4. The van der Waals surface area contributed by atoms with E-state index in [0.29, 0.717) is 17.3 Å². The van der Waals surface area contributed by atoms with E-state index in [0.717, 1.165) is 27.6 Å². The Morgan fingerprint density at radius 2 is 1.83 bits per heavy atom. The second kappa shape index (κ2) is 10.4. The van der Waals surface area contributed by atoms with E-state index in [1.54, 1.807) is 43.8 Å². The molecule has 0 heterocycles. The van der Waals surface area contributed by atoms with E-state index in [1.165, 1.54) is 11.1 Å². The molecule has 0 aliphatic carbocycles. The Labute approximate surface area is 182 Å². The van der Waals surface area contributed by atoms with Crippen molar-refractivity contribution >= 4 is 45.0 Å². The number of amides is 1. The molecule has 8 heteroatoms. The van der Waals surface area contributed by atoms with Crippen LogP contribution in [0.5, 0.6) is 0 Å². The summed E-state index contributed by atoms with van der Waals surface area (Å²) in [4.78, 5) is 12.6. The number of carbonyl (C=O) groups excluding carboxylic acids is 1. The highest BCUT2D eigenvalue weighted by Crippen LogP contribution is 2.28. The first-order valence-corrected chi connectivity index (χ1v) is 12.6. The number of hydrogen-bond acceptors (Lipinski definition) is 4. The van der Waals surface area contributed by atoms with Crippen molar-refractivity contribution < 1.29 is 13.2 Å². The predicted molar refractivity (Wildman–Crippen MR) is 123 cm³/mol. The molecule has 1 amide bonds. The molecule has 29 heavy (non-hydrogen) atoms. The van der Waals surface area contributed by atoms with Gasteiger partial charge in [0.25, 0.3) is 0 Å². The van der Waals surface area contributed by atoms with E-state index in [9.17, 15) is 13.2 Å². The van der Waals surface area contributed by atoms with Crippen molar-refractivity contribution in [1.29, 1.82) is 0 Å². The van der Waals surface area contributed by atoms with Crippen LogP contribution in [0.3, 0.4) is 0 Å². The molecule has 0 radical (unpaired) electrons. The van der Waals surface area contributed by atoms with Crippen LogP contribution in [0.25, 0.3) is 0 Å². The maximum Gasteiger partial charge on any atom is 0.243 e. The van der Waals surface area contributed by atoms with Crippen LogP contribution in [0.15, 0.2) is 42.5 Å². The Morgan fingerprint density at radius 1 is 1.17 bits per heavy atom. The van der Waals surface area contributed by atoms with Crippen molar-refractivity contribution in [1.82, 2.24) is 5.32 Å². The molecule has 1 N–H and O–H groups in total. The fourth-order valence-corrected chi connectivity index (χ4v) is 5.08. The van der Waals surface area contributed by atoms with Crippen molar-refractivity contribution in [2.45, 2.75) is 32.6 Å². The lowest BCUT2D eigenvalue weighted by Gasteiger charge is -2.29. The maximum atomic E-state index is 12.6. The standard InChI is InChI=1S/C21H27ClN2O3S2/c1-15-5-8-18(9-6-15)14-28-12-11-23-21(25)17(3)24(29(4,26)27)20-13-19(22)10-7-16(20)2/h5-10,13,17H,11-12,14H2,1-4H3,(H,23,25)/t17-/m1/s1. The number of carbonyl (C=O) groups is 1. The molecule has 0 bridgehead atoms. The van der Waals surface area contributed by atoms with Gasteiger partial charge in [-0.05, 0) is 44.0 Å². The number of nitrogens with one attached hydrogen (secondary N) is 1. The summed E-state index contributed by atoms with van der Waals surface area (Å²) in [6, 6.07) is 12.5. The van der Waals surface area contributed by atoms with Crippen LogP contribution in [-0.2, 0) is 20.6 Å². The molecule has 0 aromatic heterocycles. The summed E-state index contributed by atoms with van der Waals surface area (Å²) in [6.07, 6.45) is 1.09. The van der Waals surface area contributed by atoms with Gasteiger partial charge < -0.3 is 5.32 Å². The molecule has 0 aliphatic rings. The summed E-state index contributed by atoms with van der Waals surface area (Å²) >= 11 is 7.76. The summed E-state index contributed by atoms with van der Waals surface area (Å²) in [6.45, 7) is 5.89. The van der Waals surface area contributed by atoms with Gasteiger partial charge in [-0.3, -0.25) is 9.10 Å². The number of thioether (sulfide) groups is 1. The zero-order valence-electron chi connectivity index (χ0n) is 17.1. The van der Waals surface area contributed by atoms with Crippen LogP contribution >= 0.6 is 23.4 Å². The minimum atomic E-state index is -3.67. The monoisotopic (exact) mass is 454 g/mol. The van der Waals surface area contributed by atoms with Gasteiger partial charge in [0.05, 0.1) is 11.9 Å². The molecular weight excluding hydrogens is 428 g/mol. The van der Waals surface area contributed by atoms with Gasteiger partial charge in [-0.2, -0.15) is 11.8 Å². The van der Waals surface area contributed by atoms with Crippen LogP contribution in [0.1, 0.15) is 23.6 Å². The van der Waals surface area contributed by atoms with Crippen molar-refractivity contribution in [3.8, 4) is 0 Å². The lowest BCUT2D eigenvalue weighted by molar-refractivity contribution is -0.121. The first kappa shape index (κ1) is 23.6. The van der Waals surface area contributed by atoms with Gasteiger partial charge in [0, 0.05) is 23.1 Å². The second-order valence-corrected chi connectivity index (χ2v) is 10.4. The molecule has 2 aromatic rings. The maximum absolute atomic E-state index is 12.6. The van der Waals surface area contributed by atoms with Gasteiger partial charge in [-0.1, -0.05) is 47.5 Å². The number of anilines is 1. The number of rotatable bonds is 9. The number of benzene rings is 2. The molecule has 0 saturated carbocycles. The highest BCUT2D eigenvalue weighted by atomic mass is 35.5. The third kappa shape index (κ3) is 6.94. The fraction of sp³-hybridized carbons (Fsp3) is 0.381. The van der Waals surface area contributed by atoms with E-state index in [-0.39, 0.29) is 5.91 Å². The summed E-state index contributed by atoms with van der Waals surface area (Å²) in [5.41, 5.74) is 3.61. The Bertz CT molecular complexity index is 947. The van der Waals surface area contributed by atoms with Crippen LogP contribution in [-0.4, -0.2) is 38.9 Å². The average Bonchev–Trinajstić information content (AvgIpc) is 2.64. The van der Waals surface area contributed by atoms with Gasteiger partial charge >= 0.3 is 0 Å². The summed E-state index contributed by atoms with van der Waals surface area (Å²) < 4.78 is 25.9. The molecule has 0 aliphatic heterocycles. The molecule has 2 rings (SSSR count). The van der Waals surface area contributed by atoms with E-state index in [4.69, 9.17) is 11.6 Å². The number of sulfonamides is 1. The van der Waals surface area contributed by atoms with Gasteiger partial charge in [0.15, 0.2) is 0 Å². The summed E-state index contributed by atoms with van der Waals surface area (Å²) in [5.74, 6) is 1.26. The minimum Gasteiger partial charge on any atom is -0.353 e. The van der Waals surface area contributed by atoms with Crippen molar-refractivity contribution in [2.24, 2.45) is 0 Å². The van der Waals surface area contributed by atoms with Gasteiger partial charge in [-0.15, -0.1) is 0 Å². The topological polar surface area (TPSA) is 66.5 Å². The van der Waals surface area contributed by atoms with Crippen LogP contribution in [0, 0.1) is 13.8 Å². The third-order valence-corrected chi connectivity index (χ3v) is 6.92. The number of hydrogen-bond donors (Lipinski definition) is 1. The van der Waals surface area contributed by atoms with Crippen LogP contribution in [0.2, 0.25) is 5.02 Å². The van der Waals surface area contributed by atoms with E-state index in [1.807, 2.05) is 0 Å². The third-order valence-electron chi connectivity index (χ3n) is 4.43. The minimum absolute atomic E-state index is 0.342. The van der Waals surface area contributed by atoms with Crippen molar-refractivity contribution in [3.05, 3.63) is 64.2 Å². The molecular formula is C21H27ClN2O3S2.